The van der Waals surface area contributed by atoms with E-state index in [1.54, 1.807) is 37.4 Å². The molecule has 25 heavy (non-hydrogen) atoms. The van der Waals surface area contributed by atoms with Crippen LogP contribution in [0.4, 0.5) is 11.5 Å². The average Bonchev–Trinajstić information content (AvgIpc) is 2.60. The summed E-state index contributed by atoms with van der Waals surface area (Å²) in [6.07, 6.45) is 1.53. The highest BCUT2D eigenvalue weighted by Gasteiger charge is 2.22. The number of hydrogen-bond donors (Lipinski definition) is 2. The van der Waals surface area contributed by atoms with E-state index < -0.39 is 11.5 Å². The van der Waals surface area contributed by atoms with E-state index in [1.807, 2.05) is 25.1 Å². The first-order chi connectivity index (χ1) is 11.9. The Morgan fingerprint density at radius 2 is 2.00 bits per heavy atom. The van der Waals surface area contributed by atoms with E-state index in [4.69, 9.17) is 0 Å². The van der Waals surface area contributed by atoms with Crippen LogP contribution in [-0.2, 0) is 7.05 Å². The fourth-order valence-corrected chi connectivity index (χ4v) is 2.62. The van der Waals surface area contributed by atoms with E-state index in [1.165, 1.54) is 10.8 Å². The van der Waals surface area contributed by atoms with E-state index in [-0.39, 0.29) is 11.3 Å². The number of amides is 1. The van der Waals surface area contributed by atoms with E-state index in [0.29, 0.717) is 16.7 Å². The SMILES string of the molecule is CN(C)c1ccc2c(c1)c(O)c(C(=O)Nc1ccccn1)c(=O)n2C. The molecule has 0 radical (unpaired) electrons. The molecule has 1 amide bonds. The Balaban J connectivity index is 2.17. The smallest absolute Gasteiger partial charge is 0.267 e. The molecule has 1 aromatic carbocycles. The summed E-state index contributed by atoms with van der Waals surface area (Å²) in [6, 6.07) is 10.3. The van der Waals surface area contributed by atoms with Gasteiger partial charge in [-0.05, 0) is 30.3 Å². The molecule has 2 N–H and O–H groups in total. The van der Waals surface area contributed by atoms with E-state index in [0.717, 1.165) is 5.69 Å². The number of anilines is 2. The topological polar surface area (TPSA) is 87.5 Å². The number of pyridine rings is 2. The first-order valence-corrected chi connectivity index (χ1v) is 7.65. The predicted molar refractivity (Wildman–Crippen MR) is 97.4 cm³/mol. The Bertz CT molecular complexity index is 1010. The number of aromatic nitrogens is 2. The highest BCUT2D eigenvalue weighted by Crippen LogP contribution is 2.29. The van der Waals surface area contributed by atoms with Crippen molar-refractivity contribution in [1.29, 1.82) is 0 Å². The van der Waals surface area contributed by atoms with Gasteiger partial charge in [0.25, 0.3) is 11.5 Å². The van der Waals surface area contributed by atoms with Gasteiger partial charge in [-0.3, -0.25) is 9.59 Å². The molecule has 0 saturated carbocycles. The van der Waals surface area contributed by atoms with Gasteiger partial charge in [-0.1, -0.05) is 6.07 Å². The normalized spacial score (nSPS) is 10.7. The lowest BCUT2D eigenvalue weighted by molar-refractivity contribution is 0.102. The fraction of sp³-hybridized carbons (Fsp3) is 0.167. The number of carbonyl (C=O) groups excluding carboxylic acids is 1. The van der Waals surface area contributed by atoms with Crippen molar-refractivity contribution in [1.82, 2.24) is 9.55 Å². The van der Waals surface area contributed by atoms with Crippen molar-refractivity contribution in [2.45, 2.75) is 0 Å². The second-order valence-corrected chi connectivity index (χ2v) is 5.85. The average molecular weight is 338 g/mol. The summed E-state index contributed by atoms with van der Waals surface area (Å²) in [4.78, 5) is 31.0. The Kier molecular flexibility index (Phi) is 4.14. The molecule has 7 heteroatoms. The summed E-state index contributed by atoms with van der Waals surface area (Å²) in [5.74, 6) is -0.736. The van der Waals surface area contributed by atoms with E-state index in [9.17, 15) is 14.7 Å². The number of hydrogen-bond acceptors (Lipinski definition) is 5. The molecule has 0 unspecified atom stereocenters. The third kappa shape index (κ3) is 2.91. The molecule has 0 bridgehead atoms. The number of fused-ring (bicyclic) bond motifs is 1. The standard InChI is InChI=1S/C18H18N4O3/c1-21(2)11-7-8-13-12(10-11)16(23)15(18(25)22(13)3)17(24)20-14-6-4-5-9-19-14/h4-10,23H,1-3H3,(H,19,20,24). The Morgan fingerprint density at radius 3 is 2.64 bits per heavy atom. The molecule has 0 fully saturated rings. The van der Waals surface area contributed by atoms with Crippen molar-refractivity contribution in [3.8, 4) is 5.75 Å². The molecule has 0 aliphatic heterocycles. The summed E-state index contributed by atoms with van der Waals surface area (Å²) in [6.45, 7) is 0. The van der Waals surface area contributed by atoms with Gasteiger partial charge in [-0.15, -0.1) is 0 Å². The number of nitrogens with one attached hydrogen (secondary N) is 1. The quantitative estimate of drug-likeness (QED) is 0.762. The molecule has 0 atom stereocenters. The minimum atomic E-state index is -0.700. The maximum Gasteiger partial charge on any atom is 0.267 e. The van der Waals surface area contributed by atoms with E-state index in [2.05, 4.69) is 10.3 Å². The molecular weight excluding hydrogens is 320 g/mol. The van der Waals surface area contributed by atoms with Crippen molar-refractivity contribution in [3.63, 3.8) is 0 Å². The highest BCUT2D eigenvalue weighted by molar-refractivity contribution is 6.09. The third-order valence-corrected chi connectivity index (χ3v) is 4.00. The maximum absolute atomic E-state index is 12.6. The second kappa shape index (κ2) is 6.27. The van der Waals surface area contributed by atoms with Crippen LogP contribution < -0.4 is 15.8 Å². The maximum atomic E-state index is 12.6. The molecule has 7 nitrogen and oxygen atoms in total. The minimum Gasteiger partial charge on any atom is -0.506 e. The van der Waals surface area contributed by atoms with Crippen LogP contribution >= 0.6 is 0 Å². The molecule has 0 aliphatic carbocycles. The molecule has 2 aromatic heterocycles. The number of nitrogens with zero attached hydrogens (tertiary/aromatic N) is 3. The highest BCUT2D eigenvalue weighted by atomic mass is 16.3. The van der Waals surface area contributed by atoms with E-state index >= 15 is 0 Å². The second-order valence-electron chi connectivity index (χ2n) is 5.85. The molecule has 3 rings (SSSR count). The lowest BCUT2D eigenvalue weighted by atomic mass is 10.1. The van der Waals surface area contributed by atoms with Crippen molar-refractivity contribution in [2.24, 2.45) is 7.05 Å². The zero-order valence-electron chi connectivity index (χ0n) is 14.1. The number of benzene rings is 1. The van der Waals surface area contributed by atoms with Gasteiger partial charge < -0.3 is 19.9 Å². The Morgan fingerprint density at radius 1 is 1.24 bits per heavy atom. The molecule has 3 aromatic rings. The fourth-order valence-electron chi connectivity index (χ4n) is 2.62. The van der Waals surface area contributed by atoms with Gasteiger partial charge in [0.1, 0.15) is 17.1 Å². The number of rotatable bonds is 3. The summed E-state index contributed by atoms with van der Waals surface area (Å²) in [7, 11) is 5.31. The van der Waals surface area contributed by atoms with Gasteiger partial charge in [-0.25, -0.2) is 4.98 Å². The zero-order valence-corrected chi connectivity index (χ0v) is 14.1. The molecule has 0 aliphatic rings. The number of carbonyl (C=O) groups is 1. The van der Waals surface area contributed by atoms with Crippen LogP contribution in [0.3, 0.4) is 0 Å². The zero-order chi connectivity index (χ0) is 18.1. The van der Waals surface area contributed by atoms with Crippen LogP contribution in [0, 0.1) is 0 Å². The van der Waals surface area contributed by atoms with Gasteiger partial charge in [0.15, 0.2) is 0 Å². The van der Waals surface area contributed by atoms with Crippen molar-refractivity contribution >= 4 is 28.3 Å². The summed E-state index contributed by atoms with van der Waals surface area (Å²) in [5, 5.41) is 13.6. The van der Waals surface area contributed by atoms with Crippen molar-refractivity contribution in [3.05, 3.63) is 58.5 Å². The van der Waals surface area contributed by atoms with Gasteiger partial charge in [0.2, 0.25) is 0 Å². The molecule has 2 heterocycles. The molecule has 128 valence electrons. The van der Waals surface area contributed by atoms with Gasteiger partial charge in [-0.2, -0.15) is 0 Å². The van der Waals surface area contributed by atoms with Gasteiger partial charge in [0, 0.05) is 38.4 Å². The van der Waals surface area contributed by atoms with Crippen LogP contribution in [0.5, 0.6) is 5.75 Å². The lowest BCUT2D eigenvalue weighted by Gasteiger charge is -2.16. The van der Waals surface area contributed by atoms with Crippen LogP contribution in [0.25, 0.3) is 10.9 Å². The van der Waals surface area contributed by atoms with Crippen molar-refractivity contribution in [2.75, 3.05) is 24.3 Å². The van der Waals surface area contributed by atoms with Crippen LogP contribution in [0.15, 0.2) is 47.4 Å². The molecule has 0 spiro atoms. The third-order valence-electron chi connectivity index (χ3n) is 4.00. The molecule has 0 saturated heterocycles. The van der Waals surface area contributed by atoms with Crippen LogP contribution in [0.1, 0.15) is 10.4 Å². The first-order valence-electron chi connectivity index (χ1n) is 7.65. The van der Waals surface area contributed by atoms with Gasteiger partial charge in [0.05, 0.1) is 5.52 Å². The summed E-state index contributed by atoms with van der Waals surface area (Å²) in [5.41, 5.74) is 0.507. The van der Waals surface area contributed by atoms with Gasteiger partial charge >= 0.3 is 0 Å². The Labute approximate surface area is 144 Å². The Hall–Kier alpha value is -3.35. The van der Waals surface area contributed by atoms with Crippen molar-refractivity contribution < 1.29 is 9.90 Å². The summed E-state index contributed by atoms with van der Waals surface area (Å²) < 4.78 is 1.35. The molecular formula is C18H18N4O3. The predicted octanol–water partition coefficient (Wildman–Crippen LogP) is 1.96. The number of aryl methyl sites for hydroxylation is 1. The van der Waals surface area contributed by atoms with Crippen LogP contribution in [0.2, 0.25) is 0 Å². The van der Waals surface area contributed by atoms with Crippen LogP contribution in [-0.4, -0.2) is 34.7 Å². The summed E-state index contributed by atoms with van der Waals surface area (Å²) >= 11 is 0. The minimum absolute atomic E-state index is 0.302. The largest absolute Gasteiger partial charge is 0.506 e. The monoisotopic (exact) mass is 338 g/mol. The lowest BCUT2D eigenvalue weighted by Crippen LogP contribution is -2.28. The number of aromatic hydroxyl groups is 1. The first kappa shape index (κ1) is 16.5.